The molecule has 0 aliphatic carbocycles. The van der Waals surface area contributed by atoms with Crippen LogP contribution in [0.5, 0.6) is 0 Å². The first-order chi connectivity index (χ1) is 7.13. The van der Waals surface area contributed by atoms with E-state index in [1.54, 1.807) is 0 Å². The van der Waals surface area contributed by atoms with Crippen molar-refractivity contribution < 1.29 is 13.6 Å². The third kappa shape index (κ3) is 3.51. The highest BCUT2D eigenvalue weighted by molar-refractivity contribution is 5.89. The fraction of sp³-hybridized carbons (Fsp3) is 0.222. The van der Waals surface area contributed by atoms with Crippen LogP contribution in [0.25, 0.3) is 0 Å². The quantitative estimate of drug-likeness (QED) is 0.705. The molecule has 0 aliphatic heterocycles. The van der Waals surface area contributed by atoms with Gasteiger partial charge in [-0.1, -0.05) is 0 Å². The highest BCUT2D eigenvalue weighted by Gasteiger charge is 2.06. The molecule has 1 aromatic carbocycles. The number of nitrogens with one attached hydrogen (secondary N) is 2. The number of hydrogen-bond acceptors (Lipinski definition) is 2. The lowest BCUT2D eigenvalue weighted by Crippen LogP contribution is -2.33. The van der Waals surface area contributed by atoms with Crippen molar-refractivity contribution >= 4 is 11.7 Å². The molecule has 1 rings (SSSR count). The van der Waals surface area contributed by atoms with Crippen LogP contribution in [0.15, 0.2) is 18.2 Å². The second-order valence-corrected chi connectivity index (χ2v) is 2.79. The van der Waals surface area contributed by atoms with E-state index in [1.807, 2.05) is 0 Å². The van der Waals surface area contributed by atoms with Gasteiger partial charge >= 0.3 is 6.03 Å². The Balaban J connectivity index is 2.60. The Labute approximate surface area is 85.5 Å². The second kappa shape index (κ2) is 5.26. The van der Waals surface area contributed by atoms with Crippen molar-refractivity contribution in [2.45, 2.75) is 0 Å². The fourth-order valence-electron chi connectivity index (χ4n) is 0.943. The maximum atomic E-state index is 13.0. The summed E-state index contributed by atoms with van der Waals surface area (Å²) in [6.45, 7) is 0.577. The number of amides is 2. The molecule has 0 aliphatic rings. The topological polar surface area (TPSA) is 67.1 Å². The lowest BCUT2D eigenvalue weighted by Gasteiger charge is -2.07. The van der Waals surface area contributed by atoms with E-state index in [9.17, 15) is 13.6 Å². The van der Waals surface area contributed by atoms with Gasteiger partial charge in [-0.05, 0) is 12.1 Å². The van der Waals surface area contributed by atoms with Crippen molar-refractivity contribution in [3.63, 3.8) is 0 Å². The number of benzene rings is 1. The van der Waals surface area contributed by atoms with E-state index in [1.165, 1.54) is 0 Å². The first kappa shape index (κ1) is 11.4. The molecule has 6 heteroatoms. The molecule has 4 N–H and O–H groups in total. The van der Waals surface area contributed by atoms with Gasteiger partial charge in [0.1, 0.15) is 11.6 Å². The number of urea groups is 1. The molecule has 0 spiro atoms. The van der Waals surface area contributed by atoms with Crippen LogP contribution in [0.4, 0.5) is 19.3 Å². The van der Waals surface area contributed by atoms with Gasteiger partial charge in [0.15, 0.2) is 0 Å². The molecule has 0 aromatic heterocycles. The summed E-state index contributed by atoms with van der Waals surface area (Å²) < 4.78 is 25.5. The molecule has 1 aromatic rings. The number of anilines is 1. The van der Waals surface area contributed by atoms with Crippen LogP contribution in [0, 0.1) is 11.6 Å². The summed E-state index contributed by atoms with van der Waals surface area (Å²) in [5.41, 5.74) is 5.08. The highest BCUT2D eigenvalue weighted by Crippen LogP contribution is 2.14. The summed E-state index contributed by atoms with van der Waals surface area (Å²) in [7, 11) is 0. The fourth-order valence-corrected chi connectivity index (χ4v) is 0.943. The van der Waals surface area contributed by atoms with Crippen molar-refractivity contribution in [3.05, 3.63) is 29.8 Å². The average Bonchev–Trinajstić information content (AvgIpc) is 2.19. The molecule has 15 heavy (non-hydrogen) atoms. The van der Waals surface area contributed by atoms with E-state index in [-0.39, 0.29) is 12.2 Å². The zero-order valence-corrected chi connectivity index (χ0v) is 7.89. The van der Waals surface area contributed by atoms with Crippen LogP contribution in [0.2, 0.25) is 0 Å². The summed E-state index contributed by atoms with van der Waals surface area (Å²) in [6, 6.07) is 2.32. The Morgan fingerprint density at radius 3 is 2.73 bits per heavy atom. The minimum absolute atomic E-state index is 0.0779. The van der Waals surface area contributed by atoms with Crippen molar-refractivity contribution in [3.8, 4) is 0 Å². The van der Waals surface area contributed by atoms with E-state index in [4.69, 9.17) is 5.73 Å². The number of hydrogen-bond donors (Lipinski definition) is 3. The van der Waals surface area contributed by atoms with E-state index < -0.39 is 17.7 Å². The number of rotatable bonds is 3. The van der Waals surface area contributed by atoms with Gasteiger partial charge in [0.05, 0.1) is 5.69 Å². The lowest BCUT2D eigenvalue weighted by atomic mass is 10.3. The van der Waals surface area contributed by atoms with Crippen LogP contribution in [-0.4, -0.2) is 19.1 Å². The molecule has 0 atom stereocenters. The number of carbonyl (C=O) groups is 1. The third-order valence-electron chi connectivity index (χ3n) is 1.61. The van der Waals surface area contributed by atoms with Crippen LogP contribution in [-0.2, 0) is 0 Å². The molecule has 0 bridgehead atoms. The molecule has 0 saturated heterocycles. The first-order valence-electron chi connectivity index (χ1n) is 4.33. The smallest absolute Gasteiger partial charge is 0.319 e. The summed E-state index contributed by atoms with van der Waals surface area (Å²) in [5, 5.41) is 4.61. The van der Waals surface area contributed by atoms with Gasteiger partial charge in [-0.25, -0.2) is 13.6 Å². The molecule has 0 unspecified atom stereocenters. The first-order valence-corrected chi connectivity index (χ1v) is 4.33. The van der Waals surface area contributed by atoms with Crippen LogP contribution in [0.1, 0.15) is 0 Å². The standard InChI is InChI=1S/C9H11F2N3O/c10-6-1-2-8(7(11)5-6)14-9(15)13-4-3-12/h1-2,5H,3-4,12H2,(H2,13,14,15). The molecule has 2 amide bonds. The van der Waals surface area contributed by atoms with E-state index in [0.717, 1.165) is 12.1 Å². The molecule has 4 nitrogen and oxygen atoms in total. The zero-order valence-electron chi connectivity index (χ0n) is 7.89. The van der Waals surface area contributed by atoms with Gasteiger partial charge in [0.25, 0.3) is 0 Å². The Kier molecular flexibility index (Phi) is 3.99. The molecular weight excluding hydrogens is 204 g/mol. The van der Waals surface area contributed by atoms with Gasteiger partial charge in [-0.3, -0.25) is 0 Å². The Hall–Kier alpha value is -1.69. The molecule has 0 heterocycles. The van der Waals surface area contributed by atoms with E-state index in [0.29, 0.717) is 12.6 Å². The van der Waals surface area contributed by atoms with Crippen molar-refractivity contribution in [2.24, 2.45) is 5.73 Å². The Morgan fingerprint density at radius 2 is 2.13 bits per heavy atom. The summed E-state index contributed by atoms with van der Waals surface area (Å²) in [4.78, 5) is 11.1. The molecule has 0 saturated carbocycles. The Morgan fingerprint density at radius 1 is 1.40 bits per heavy atom. The summed E-state index contributed by atoms with van der Waals surface area (Å²) in [6.07, 6.45) is 0. The maximum absolute atomic E-state index is 13.0. The largest absolute Gasteiger partial charge is 0.337 e. The third-order valence-corrected chi connectivity index (χ3v) is 1.61. The summed E-state index contributed by atoms with van der Waals surface area (Å²) in [5.74, 6) is -1.52. The van der Waals surface area contributed by atoms with Crippen molar-refractivity contribution in [1.29, 1.82) is 0 Å². The van der Waals surface area contributed by atoms with Crippen LogP contribution < -0.4 is 16.4 Å². The van der Waals surface area contributed by atoms with Gasteiger partial charge in [-0.15, -0.1) is 0 Å². The molecule has 0 fully saturated rings. The SMILES string of the molecule is NCCNC(=O)Nc1ccc(F)cc1F. The van der Waals surface area contributed by atoms with Gasteiger partial charge in [0.2, 0.25) is 0 Å². The minimum atomic E-state index is -0.821. The number of carbonyl (C=O) groups excluding carboxylic acids is 1. The van der Waals surface area contributed by atoms with E-state index >= 15 is 0 Å². The second-order valence-electron chi connectivity index (χ2n) is 2.79. The highest BCUT2D eigenvalue weighted by atomic mass is 19.1. The van der Waals surface area contributed by atoms with Crippen molar-refractivity contribution in [1.82, 2.24) is 5.32 Å². The monoisotopic (exact) mass is 215 g/mol. The van der Waals surface area contributed by atoms with Crippen molar-refractivity contribution in [2.75, 3.05) is 18.4 Å². The van der Waals surface area contributed by atoms with Crippen LogP contribution in [0.3, 0.4) is 0 Å². The Bertz CT molecular complexity index is 357. The number of nitrogens with two attached hydrogens (primary N) is 1. The van der Waals surface area contributed by atoms with Gasteiger partial charge in [0, 0.05) is 19.2 Å². The normalized spacial score (nSPS) is 9.80. The predicted molar refractivity (Wildman–Crippen MR) is 52.4 cm³/mol. The predicted octanol–water partition coefficient (Wildman–Crippen LogP) is 1.04. The van der Waals surface area contributed by atoms with Crippen LogP contribution >= 0.6 is 0 Å². The lowest BCUT2D eigenvalue weighted by molar-refractivity contribution is 0.252. The molecular formula is C9H11F2N3O. The minimum Gasteiger partial charge on any atom is -0.337 e. The molecule has 82 valence electrons. The number of halogens is 2. The zero-order chi connectivity index (χ0) is 11.3. The average molecular weight is 215 g/mol. The van der Waals surface area contributed by atoms with E-state index in [2.05, 4.69) is 10.6 Å². The molecule has 0 radical (unpaired) electrons. The van der Waals surface area contributed by atoms with Gasteiger partial charge < -0.3 is 16.4 Å². The summed E-state index contributed by atoms with van der Waals surface area (Å²) >= 11 is 0. The van der Waals surface area contributed by atoms with Gasteiger partial charge in [-0.2, -0.15) is 0 Å². The maximum Gasteiger partial charge on any atom is 0.319 e.